The lowest BCUT2D eigenvalue weighted by Gasteiger charge is -2.32. The molecule has 0 fully saturated rings. The van der Waals surface area contributed by atoms with Crippen LogP contribution in [0.25, 0.3) is 11.5 Å². The zero-order valence-corrected chi connectivity index (χ0v) is 27.8. The van der Waals surface area contributed by atoms with Gasteiger partial charge < -0.3 is 28.7 Å². The zero-order chi connectivity index (χ0) is 33.1. The number of aromatic nitrogens is 2. The molecule has 1 N–H and O–H groups in total. The van der Waals surface area contributed by atoms with Gasteiger partial charge in [-0.15, -0.1) is 0 Å². The molecule has 2 atom stereocenters. The molecular formula is C37H33BrN4O6. The van der Waals surface area contributed by atoms with Gasteiger partial charge >= 0.3 is 0 Å². The number of hydrogen-bond donors (Lipinski definition) is 1. The number of hydrogen-bond acceptors (Lipinski definition) is 9. The largest absolute Gasteiger partial charge is 0.497 e. The third kappa shape index (κ3) is 6.31. The molecule has 2 aliphatic heterocycles. The van der Waals surface area contributed by atoms with Gasteiger partial charge in [0.05, 0.1) is 20.3 Å². The highest BCUT2D eigenvalue weighted by Crippen LogP contribution is 2.47. The van der Waals surface area contributed by atoms with E-state index in [9.17, 15) is 0 Å². The summed E-state index contributed by atoms with van der Waals surface area (Å²) in [7, 11) is 1.61. The zero-order valence-electron chi connectivity index (χ0n) is 26.2. The maximum absolute atomic E-state index is 15.0. The predicted octanol–water partition coefficient (Wildman–Crippen LogP) is 6.31. The van der Waals surface area contributed by atoms with Crippen molar-refractivity contribution in [1.82, 2.24) is 15.0 Å². The fraction of sp³-hybridized carbons (Fsp3) is 0.243. The van der Waals surface area contributed by atoms with Crippen LogP contribution in [0.4, 0.5) is 0 Å². The maximum Gasteiger partial charge on any atom is 0.257 e. The molecule has 5 aromatic rings. The van der Waals surface area contributed by atoms with Gasteiger partial charge in [0.25, 0.3) is 11.8 Å². The number of aliphatic hydroxyl groups excluding tert-OH is 1. The number of ether oxygens (including phenoxy) is 3. The van der Waals surface area contributed by atoms with Gasteiger partial charge in [0, 0.05) is 47.2 Å². The number of carbonyl (C=O) groups is 1. The van der Waals surface area contributed by atoms with Crippen molar-refractivity contribution in [3.05, 3.63) is 130 Å². The number of fused-ring (bicyclic) bond motifs is 3. The van der Waals surface area contributed by atoms with E-state index in [1.54, 1.807) is 12.0 Å². The second-order valence-corrected chi connectivity index (χ2v) is 12.6. The highest BCUT2D eigenvalue weighted by molar-refractivity contribution is 9.10. The second-order valence-electron chi connectivity index (χ2n) is 11.7. The van der Waals surface area contributed by atoms with Crippen LogP contribution in [0.2, 0.25) is 0 Å². The SMILES string of the molecule is COc1ccc(-c2nc(CN3Cc4ccccc4[C@H]4OC(c5ccc(OCCCO)cc5)=N[C@@]4(Cc4ccc(Br)cc4)C3=O)no2)cc1. The Labute approximate surface area is 286 Å². The number of halogens is 1. The van der Waals surface area contributed by atoms with Crippen molar-refractivity contribution >= 4 is 27.7 Å². The Bertz CT molecular complexity index is 1930. The minimum Gasteiger partial charge on any atom is -0.497 e. The third-order valence-corrected chi connectivity index (χ3v) is 9.05. The number of amides is 1. The number of benzene rings is 4. The average Bonchev–Trinajstić information content (AvgIpc) is 3.73. The van der Waals surface area contributed by atoms with E-state index in [4.69, 9.17) is 28.8 Å². The van der Waals surface area contributed by atoms with Crippen LogP contribution < -0.4 is 9.47 Å². The molecule has 3 heterocycles. The van der Waals surface area contributed by atoms with Gasteiger partial charge in [-0.3, -0.25) is 4.79 Å². The average molecular weight is 710 g/mol. The lowest BCUT2D eigenvalue weighted by Crippen LogP contribution is -2.49. The minimum absolute atomic E-state index is 0.0631. The van der Waals surface area contributed by atoms with Gasteiger partial charge in [-0.05, 0) is 71.8 Å². The van der Waals surface area contributed by atoms with Crippen LogP contribution in [0.5, 0.6) is 11.5 Å². The molecule has 0 spiro atoms. The Morgan fingerprint density at radius 3 is 2.44 bits per heavy atom. The quantitative estimate of drug-likeness (QED) is 0.159. The Kier molecular flexibility index (Phi) is 8.96. The van der Waals surface area contributed by atoms with Gasteiger partial charge in [-0.2, -0.15) is 4.98 Å². The molecule has 0 saturated carbocycles. The molecule has 0 aliphatic carbocycles. The number of methoxy groups -OCH3 is 1. The van der Waals surface area contributed by atoms with E-state index >= 15 is 4.79 Å². The highest BCUT2D eigenvalue weighted by Gasteiger charge is 2.56. The van der Waals surface area contributed by atoms with Crippen molar-refractivity contribution in [2.45, 2.75) is 37.6 Å². The van der Waals surface area contributed by atoms with Gasteiger partial charge in [0.1, 0.15) is 11.5 Å². The van der Waals surface area contributed by atoms with Crippen molar-refractivity contribution < 1.29 is 28.6 Å². The van der Waals surface area contributed by atoms with Crippen molar-refractivity contribution in [3.63, 3.8) is 0 Å². The van der Waals surface area contributed by atoms with Crippen LogP contribution >= 0.6 is 15.9 Å². The molecule has 2 aliphatic rings. The molecule has 7 rings (SSSR count). The van der Waals surface area contributed by atoms with E-state index in [0.717, 1.165) is 38.0 Å². The fourth-order valence-electron chi connectivity index (χ4n) is 6.11. The number of carbonyl (C=O) groups excluding carboxylic acids is 1. The Morgan fingerprint density at radius 2 is 1.69 bits per heavy atom. The highest BCUT2D eigenvalue weighted by atomic mass is 79.9. The van der Waals surface area contributed by atoms with Crippen LogP contribution in [-0.4, -0.2) is 57.8 Å². The van der Waals surface area contributed by atoms with E-state index < -0.39 is 11.6 Å². The number of nitrogens with zero attached hydrogens (tertiary/aromatic N) is 4. The molecule has 0 bridgehead atoms. The van der Waals surface area contributed by atoms with Crippen molar-refractivity contribution in [1.29, 1.82) is 0 Å². The van der Waals surface area contributed by atoms with Crippen LogP contribution in [-0.2, 0) is 29.0 Å². The standard InChI is InChI=1S/C37H33BrN4O6/c1-45-29-15-9-25(10-16-29)34-39-32(41-48-34)23-42-22-27-5-2-3-6-31(27)33-37(36(42)44,21-24-7-13-28(38)14-8-24)40-35(47-33)26-11-17-30(18-12-26)46-20-4-19-43/h2-3,5-18,33,43H,4,19-23H2,1H3/t33-,37-/m1/s1. The summed E-state index contributed by atoms with van der Waals surface area (Å²) in [5.74, 6) is 2.31. The lowest BCUT2D eigenvalue weighted by atomic mass is 9.81. The van der Waals surface area contributed by atoms with Crippen LogP contribution in [0.3, 0.4) is 0 Å². The van der Waals surface area contributed by atoms with Crippen LogP contribution in [0.15, 0.2) is 111 Å². The van der Waals surface area contributed by atoms with Gasteiger partial charge in [-0.25, -0.2) is 4.99 Å². The summed E-state index contributed by atoms with van der Waals surface area (Å²) in [6.07, 6.45) is 0.178. The van der Waals surface area contributed by atoms with Crippen molar-refractivity contribution in [3.8, 4) is 23.0 Å². The van der Waals surface area contributed by atoms with Crippen LogP contribution in [0, 0.1) is 0 Å². The van der Waals surface area contributed by atoms with E-state index in [2.05, 4.69) is 26.1 Å². The van der Waals surface area contributed by atoms with Crippen LogP contribution in [0.1, 0.15) is 40.6 Å². The minimum atomic E-state index is -1.31. The van der Waals surface area contributed by atoms with Gasteiger partial charge in [0.2, 0.25) is 5.90 Å². The van der Waals surface area contributed by atoms with Gasteiger partial charge in [-0.1, -0.05) is 57.5 Å². The molecular weight excluding hydrogens is 676 g/mol. The number of aliphatic hydroxyl groups is 1. The van der Waals surface area contributed by atoms with E-state index in [1.165, 1.54) is 0 Å². The summed E-state index contributed by atoms with van der Waals surface area (Å²) in [4.78, 5) is 26.6. The summed E-state index contributed by atoms with van der Waals surface area (Å²) < 4.78 is 24.3. The topological polar surface area (TPSA) is 120 Å². The first kappa shape index (κ1) is 31.6. The summed E-state index contributed by atoms with van der Waals surface area (Å²) in [6.45, 7) is 0.919. The smallest absolute Gasteiger partial charge is 0.257 e. The molecule has 0 unspecified atom stereocenters. The molecule has 244 valence electrons. The predicted molar refractivity (Wildman–Crippen MR) is 182 cm³/mol. The maximum atomic E-state index is 15.0. The van der Waals surface area contributed by atoms with Gasteiger partial charge in [0.15, 0.2) is 17.5 Å². The molecule has 0 radical (unpaired) electrons. The summed E-state index contributed by atoms with van der Waals surface area (Å²) in [5, 5.41) is 13.3. The summed E-state index contributed by atoms with van der Waals surface area (Å²) in [5.41, 5.74) is 2.97. The molecule has 10 nitrogen and oxygen atoms in total. The number of aliphatic imine (C=N–C) groups is 1. The molecule has 4 aromatic carbocycles. The first-order valence-corrected chi connectivity index (χ1v) is 16.4. The molecule has 1 aromatic heterocycles. The molecule has 48 heavy (non-hydrogen) atoms. The third-order valence-electron chi connectivity index (χ3n) is 8.52. The second kappa shape index (κ2) is 13.6. The lowest BCUT2D eigenvalue weighted by molar-refractivity contribution is -0.140. The van der Waals surface area contributed by atoms with Crippen molar-refractivity contribution in [2.75, 3.05) is 20.3 Å². The van der Waals surface area contributed by atoms with Crippen molar-refractivity contribution in [2.24, 2.45) is 4.99 Å². The first-order valence-electron chi connectivity index (χ1n) is 15.6. The fourth-order valence-corrected chi connectivity index (χ4v) is 6.38. The van der Waals surface area contributed by atoms with E-state index in [-0.39, 0.29) is 19.1 Å². The molecule has 11 heteroatoms. The molecule has 0 saturated heterocycles. The first-order chi connectivity index (χ1) is 23.5. The molecule has 1 amide bonds. The monoisotopic (exact) mass is 708 g/mol. The van der Waals surface area contributed by atoms with E-state index in [1.807, 2.05) is 97.1 Å². The Hall–Kier alpha value is -5.00. The summed E-state index contributed by atoms with van der Waals surface area (Å²) >= 11 is 3.53. The Morgan fingerprint density at radius 1 is 0.958 bits per heavy atom. The summed E-state index contributed by atoms with van der Waals surface area (Å²) in [6, 6.07) is 30.7. The Balaban J connectivity index is 1.27. The van der Waals surface area contributed by atoms with E-state index in [0.29, 0.717) is 49.4 Å². The number of rotatable bonds is 11. The normalized spacial score (nSPS) is 18.4.